The van der Waals surface area contributed by atoms with Crippen LogP contribution in [0.25, 0.3) is 22.6 Å². The number of benzene rings is 3. The van der Waals surface area contributed by atoms with Crippen LogP contribution in [0.2, 0.25) is 5.02 Å². The number of hydrogen-bond acceptors (Lipinski definition) is 6. The van der Waals surface area contributed by atoms with Crippen LogP contribution in [-0.2, 0) is 0 Å². The van der Waals surface area contributed by atoms with Crippen LogP contribution >= 0.6 is 11.6 Å². The van der Waals surface area contributed by atoms with E-state index in [0.717, 1.165) is 5.56 Å². The summed E-state index contributed by atoms with van der Waals surface area (Å²) in [4.78, 5) is 27.8. The van der Waals surface area contributed by atoms with Gasteiger partial charge in [0.25, 0.3) is 5.91 Å². The van der Waals surface area contributed by atoms with Gasteiger partial charge in [0.2, 0.25) is 5.89 Å². The minimum atomic E-state index is -0.596. The molecule has 0 aliphatic carbocycles. The van der Waals surface area contributed by atoms with Crippen molar-refractivity contribution in [1.82, 2.24) is 4.98 Å². The van der Waals surface area contributed by atoms with E-state index in [0.29, 0.717) is 33.3 Å². The molecule has 8 nitrogen and oxygen atoms in total. The second-order valence-corrected chi connectivity index (χ2v) is 7.20. The summed E-state index contributed by atoms with van der Waals surface area (Å²) >= 11 is 6.01. The number of amides is 1. The number of ether oxygens (including phenoxy) is 1. The number of fused-ring (bicyclic) bond motifs is 1. The number of hydrogen-bond donors (Lipinski definition) is 1. The van der Waals surface area contributed by atoms with Gasteiger partial charge in [0, 0.05) is 27.9 Å². The van der Waals surface area contributed by atoms with E-state index in [1.54, 1.807) is 24.3 Å². The minimum absolute atomic E-state index is 0.0794. The predicted molar refractivity (Wildman–Crippen MR) is 117 cm³/mol. The molecule has 1 N–H and O–H groups in total. The molecule has 4 aromatic rings. The molecule has 0 aliphatic heterocycles. The first kappa shape index (κ1) is 20.4. The topological polar surface area (TPSA) is 108 Å². The predicted octanol–water partition coefficient (Wildman–Crippen LogP) is 5.63. The van der Waals surface area contributed by atoms with Crippen molar-refractivity contribution in [3.8, 4) is 17.2 Å². The zero-order chi connectivity index (χ0) is 22.1. The highest BCUT2D eigenvalue weighted by atomic mass is 35.5. The van der Waals surface area contributed by atoms with Gasteiger partial charge >= 0.3 is 5.69 Å². The summed E-state index contributed by atoms with van der Waals surface area (Å²) in [5.74, 6) is -0.0287. The SMILES string of the molecule is COc1ccc(C(=O)Nc2cc(-c3nc4cc(Cl)ccc4o3)ccc2C)cc1[N+](=O)[O-]. The van der Waals surface area contributed by atoms with Gasteiger partial charge in [-0.3, -0.25) is 14.9 Å². The number of aryl methyl sites for hydroxylation is 1. The third kappa shape index (κ3) is 4.06. The highest BCUT2D eigenvalue weighted by Gasteiger charge is 2.19. The second kappa shape index (κ2) is 8.08. The van der Waals surface area contributed by atoms with Crippen molar-refractivity contribution in [2.45, 2.75) is 6.92 Å². The van der Waals surface area contributed by atoms with Crippen LogP contribution in [0.1, 0.15) is 15.9 Å². The molecule has 0 fully saturated rings. The first-order valence-corrected chi connectivity index (χ1v) is 9.54. The van der Waals surface area contributed by atoms with Gasteiger partial charge in [-0.2, -0.15) is 0 Å². The molecule has 4 rings (SSSR count). The number of nitrogens with one attached hydrogen (secondary N) is 1. The van der Waals surface area contributed by atoms with Gasteiger partial charge in [-0.1, -0.05) is 17.7 Å². The van der Waals surface area contributed by atoms with Crippen LogP contribution in [0.3, 0.4) is 0 Å². The summed E-state index contributed by atoms with van der Waals surface area (Å²) in [6.45, 7) is 1.84. The number of nitrogens with zero attached hydrogens (tertiary/aromatic N) is 2. The molecular weight excluding hydrogens is 422 g/mol. The monoisotopic (exact) mass is 437 g/mol. The van der Waals surface area contributed by atoms with Crippen LogP contribution in [0.15, 0.2) is 59.0 Å². The second-order valence-electron chi connectivity index (χ2n) is 6.76. The lowest BCUT2D eigenvalue weighted by molar-refractivity contribution is -0.385. The van der Waals surface area contributed by atoms with E-state index in [-0.39, 0.29) is 17.0 Å². The largest absolute Gasteiger partial charge is 0.490 e. The Morgan fingerprint density at radius 2 is 1.97 bits per heavy atom. The fourth-order valence-corrected chi connectivity index (χ4v) is 3.25. The van der Waals surface area contributed by atoms with Crippen molar-refractivity contribution in [2.75, 3.05) is 12.4 Å². The van der Waals surface area contributed by atoms with Crippen LogP contribution < -0.4 is 10.1 Å². The van der Waals surface area contributed by atoms with E-state index >= 15 is 0 Å². The summed E-state index contributed by atoms with van der Waals surface area (Å²) in [7, 11) is 1.33. The van der Waals surface area contributed by atoms with E-state index in [9.17, 15) is 14.9 Å². The smallest absolute Gasteiger partial charge is 0.311 e. The molecule has 0 saturated heterocycles. The van der Waals surface area contributed by atoms with Crippen molar-refractivity contribution in [2.24, 2.45) is 0 Å². The van der Waals surface area contributed by atoms with Crippen molar-refractivity contribution in [3.63, 3.8) is 0 Å². The van der Waals surface area contributed by atoms with Crippen LogP contribution in [0, 0.1) is 17.0 Å². The number of nitro groups is 1. The lowest BCUT2D eigenvalue weighted by Gasteiger charge is -2.10. The van der Waals surface area contributed by atoms with Gasteiger partial charge in [0.1, 0.15) is 5.52 Å². The summed E-state index contributed by atoms with van der Waals surface area (Å²) in [5, 5.41) is 14.6. The Bertz CT molecular complexity index is 1330. The van der Waals surface area contributed by atoms with Gasteiger partial charge in [-0.05, 0) is 55.0 Å². The Morgan fingerprint density at radius 1 is 1.16 bits per heavy atom. The highest BCUT2D eigenvalue weighted by Crippen LogP contribution is 2.31. The molecule has 156 valence electrons. The van der Waals surface area contributed by atoms with E-state index in [4.69, 9.17) is 20.8 Å². The molecule has 0 bridgehead atoms. The number of rotatable bonds is 5. The molecule has 9 heteroatoms. The van der Waals surface area contributed by atoms with Gasteiger partial charge in [-0.15, -0.1) is 0 Å². The number of carbonyl (C=O) groups excluding carboxylic acids is 1. The van der Waals surface area contributed by atoms with Gasteiger partial charge in [0.15, 0.2) is 11.3 Å². The fourth-order valence-electron chi connectivity index (χ4n) is 3.08. The maximum Gasteiger partial charge on any atom is 0.311 e. The molecule has 1 amide bonds. The average molecular weight is 438 g/mol. The number of nitro benzene ring substituents is 1. The summed E-state index contributed by atoms with van der Waals surface area (Å²) < 4.78 is 10.8. The third-order valence-electron chi connectivity index (χ3n) is 4.72. The fraction of sp³-hybridized carbons (Fsp3) is 0.0909. The zero-order valence-corrected chi connectivity index (χ0v) is 17.3. The number of oxazole rings is 1. The summed E-state index contributed by atoms with van der Waals surface area (Å²) in [5.41, 5.74) is 3.06. The number of aromatic nitrogens is 1. The number of carbonyl (C=O) groups is 1. The normalized spacial score (nSPS) is 10.8. The van der Waals surface area contributed by atoms with E-state index in [1.807, 2.05) is 19.1 Å². The first-order valence-electron chi connectivity index (χ1n) is 9.16. The van der Waals surface area contributed by atoms with E-state index in [1.165, 1.54) is 25.3 Å². The Morgan fingerprint density at radius 3 is 2.71 bits per heavy atom. The maximum absolute atomic E-state index is 12.7. The molecule has 0 saturated carbocycles. The number of methoxy groups -OCH3 is 1. The summed E-state index contributed by atoms with van der Waals surface area (Å²) in [6, 6.07) is 14.6. The molecule has 0 unspecified atom stereocenters. The molecule has 31 heavy (non-hydrogen) atoms. The number of halogens is 1. The Labute approximate surface area is 181 Å². The molecule has 0 atom stereocenters. The van der Waals surface area contributed by atoms with Gasteiger partial charge in [-0.25, -0.2) is 4.98 Å². The standard InChI is InChI=1S/C22H16ClN3O5/c1-12-3-4-14(22-25-17-11-15(23)6-8-19(17)31-22)9-16(12)24-21(27)13-5-7-20(30-2)18(10-13)26(28)29/h3-11H,1-2H3,(H,24,27). The molecule has 0 aliphatic rings. The average Bonchev–Trinajstić information content (AvgIpc) is 3.17. The van der Waals surface area contributed by atoms with Crippen LogP contribution in [0.4, 0.5) is 11.4 Å². The van der Waals surface area contributed by atoms with Crippen LogP contribution in [-0.4, -0.2) is 22.9 Å². The molecule has 1 heterocycles. The molecule has 0 spiro atoms. The zero-order valence-electron chi connectivity index (χ0n) is 16.5. The molecule has 0 radical (unpaired) electrons. The van der Waals surface area contributed by atoms with Crippen LogP contribution in [0.5, 0.6) is 5.75 Å². The lowest BCUT2D eigenvalue weighted by Crippen LogP contribution is -2.13. The molecular formula is C22H16ClN3O5. The quantitative estimate of drug-likeness (QED) is 0.320. The van der Waals surface area contributed by atoms with Crippen molar-refractivity contribution >= 4 is 40.0 Å². The van der Waals surface area contributed by atoms with Gasteiger partial charge in [0.05, 0.1) is 12.0 Å². The van der Waals surface area contributed by atoms with Crippen molar-refractivity contribution < 1.29 is 18.9 Å². The Kier molecular flexibility index (Phi) is 5.31. The molecule has 3 aromatic carbocycles. The Hall–Kier alpha value is -3.91. The maximum atomic E-state index is 12.7. The van der Waals surface area contributed by atoms with Crippen molar-refractivity contribution in [3.05, 3.63) is 80.9 Å². The highest BCUT2D eigenvalue weighted by molar-refractivity contribution is 6.31. The van der Waals surface area contributed by atoms with E-state index in [2.05, 4.69) is 10.3 Å². The third-order valence-corrected chi connectivity index (χ3v) is 4.96. The van der Waals surface area contributed by atoms with E-state index < -0.39 is 10.8 Å². The first-order chi connectivity index (χ1) is 14.9. The summed E-state index contributed by atoms with van der Waals surface area (Å²) in [6.07, 6.45) is 0. The molecule has 1 aromatic heterocycles. The van der Waals surface area contributed by atoms with Gasteiger partial charge < -0.3 is 14.5 Å². The lowest BCUT2D eigenvalue weighted by atomic mass is 10.1. The van der Waals surface area contributed by atoms with Crippen molar-refractivity contribution in [1.29, 1.82) is 0 Å². The minimum Gasteiger partial charge on any atom is -0.490 e. The Balaban J connectivity index is 1.65. The number of anilines is 1.